The highest BCUT2D eigenvalue weighted by Gasteiger charge is 2.31. The molecule has 0 aromatic heterocycles. The summed E-state index contributed by atoms with van der Waals surface area (Å²) < 4.78 is 32.3. The van der Waals surface area contributed by atoms with Crippen LogP contribution in [0, 0.1) is 24.0 Å². The van der Waals surface area contributed by atoms with E-state index in [2.05, 4.69) is 0 Å². The van der Waals surface area contributed by atoms with Crippen LogP contribution in [0.3, 0.4) is 0 Å². The molecule has 2 aromatic rings. The Bertz CT molecular complexity index is 1220. The third-order valence-corrected chi connectivity index (χ3v) is 7.45. The van der Waals surface area contributed by atoms with Crippen LogP contribution in [0.2, 0.25) is 0 Å². The molecular formula is C23H25N3O7S. The lowest BCUT2D eigenvalue weighted by Gasteiger charge is -2.34. The molecule has 1 fully saturated rings. The molecule has 0 radical (unpaired) electrons. The smallest absolute Gasteiger partial charge is 0.331 e. The highest BCUT2D eigenvalue weighted by atomic mass is 32.2. The van der Waals surface area contributed by atoms with Crippen molar-refractivity contribution in [3.05, 3.63) is 75.3 Å². The molecule has 11 heteroatoms. The number of nitro benzene ring substituents is 1. The standard InChI is InChI=1S/C23H25N3O7S/c1-17-3-9-21(18(2)15-17)34(31,32)25-13-11-24(12-14-25)22(27)16-33-23(28)10-6-19-4-7-20(8-5-19)26(29)30/h3-10,15H,11-14,16H2,1-2H3/b10-6+. The zero-order chi connectivity index (χ0) is 24.9. The largest absolute Gasteiger partial charge is 0.452 e. The zero-order valence-electron chi connectivity index (χ0n) is 18.8. The van der Waals surface area contributed by atoms with Crippen LogP contribution in [0.15, 0.2) is 53.4 Å². The molecule has 0 bridgehead atoms. The SMILES string of the molecule is Cc1ccc(S(=O)(=O)N2CCN(C(=O)COC(=O)/C=C/c3ccc([N+](=O)[O-])cc3)CC2)c(C)c1. The third-order valence-electron chi connectivity index (χ3n) is 5.39. The number of benzene rings is 2. The summed E-state index contributed by atoms with van der Waals surface area (Å²) in [6.45, 7) is 3.87. The number of carbonyl (C=O) groups is 2. The van der Waals surface area contributed by atoms with Gasteiger partial charge in [0.25, 0.3) is 11.6 Å². The van der Waals surface area contributed by atoms with Crippen LogP contribution in [0.1, 0.15) is 16.7 Å². The van der Waals surface area contributed by atoms with Gasteiger partial charge in [0.2, 0.25) is 10.0 Å². The maximum Gasteiger partial charge on any atom is 0.331 e. The van der Waals surface area contributed by atoms with Crippen molar-refractivity contribution in [3.63, 3.8) is 0 Å². The van der Waals surface area contributed by atoms with Gasteiger partial charge < -0.3 is 9.64 Å². The number of non-ortho nitro benzene ring substituents is 1. The highest BCUT2D eigenvalue weighted by Crippen LogP contribution is 2.22. The molecule has 10 nitrogen and oxygen atoms in total. The second-order valence-electron chi connectivity index (χ2n) is 7.84. The Labute approximate surface area is 197 Å². The van der Waals surface area contributed by atoms with Gasteiger partial charge in [-0.3, -0.25) is 14.9 Å². The second kappa shape index (κ2) is 10.6. The molecule has 1 aliphatic rings. The Morgan fingerprint density at radius 3 is 2.29 bits per heavy atom. The molecule has 0 unspecified atom stereocenters. The molecule has 1 aliphatic heterocycles. The number of nitrogens with zero attached hydrogens (tertiary/aromatic N) is 3. The molecule has 0 N–H and O–H groups in total. The van der Waals surface area contributed by atoms with Gasteiger partial charge in [0.1, 0.15) is 0 Å². The highest BCUT2D eigenvalue weighted by molar-refractivity contribution is 7.89. The van der Waals surface area contributed by atoms with Gasteiger partial charge in [-0.05, 0) is 49.2 Å². The molecule has 2 aromatic carbocycles. The molecule has 0 saturated carbocycles. The Morgan fingerprint density at radius 1 is 1.06 bits per heavy atom. The number of ether oxygens (including phenoxy) is 1. The Balaban J connectivity index is 1.48. The van der Waals surface area contributed by atoms with Crippen molar-refractivity contribution >= 4 is 33.7 Å². The van der Waals surface area contributed by atoms with E-state index in [4.69, 9.17) is 4.74 Å². The normalized spacial score (nSPS) is 14.8. The molecule has 34 heavy (non-hydrogen) atoms. The average molecular weight is 488 g/mol. The molecule has 0 atom stereocenters. The number of esters is 1. The van der Waals surface area contributed by atoms with Crippen molar-refractivity contribution in [2.45, 2.75) is 18.7 Å². The number of rotatable bonds is 7. The van der Waals surface area contributed by atoms with Crippen molar-refractivity contribution < 1.29 is 27.7 Å². The minimum absolute atomic E-state index is 0.0628. The van der Waals surface area contributed by atoms with E-state index in [1.54, 1.807) is 19.1 Å². The summed E-state index contributed by atoms with van der Waals surface area (Å²) in [5, 5.41) is 10.7. The van der Waals surface area contributed by atoms with Gasteiger partial charge in [0.05, 0.1) is 9.82 Å². The van der Waals surface area contributed by atoms with Gasteiger partial charge in [-0.25, -0.2) is 13.2 Å². The van der Waals surface area contributed by atoms with Crippen LogP contribution in [-0.2, 0) is 24.3 Å². The summed E-state index contributed by atoms with van der Waals surface area (Å²) >= 11 is 0. The fourth-order valence-electron chi connectivity index (χ4n) is 3.55. The quantitative estimate of drug-likeness (QED) is 0.254. The summed E-state index contributed by atoms with van der Waals surface area (Å²) in [6.07, 6.45) is 2.55. The lowest BCUT2D eigenvalue weighted by molar-refractivity contribution is -0.384. The summed E-state index contributed by atoms with van der Waals surface area (Å²) in [4.78, 5) is 36.1. The first-order valence-electron chi connectivity index (χ1n) is 10.5. The monoisotopic (exact) mass is 487 g/mol. The van der Waals surface area contributed by atoms with Gasteiger partial charge in [0, 0.05) is 44.4 Å². The molecular weight excluding hydrogens is 462 g/mol. The summed E-state index contributed by atoms with van der Waals surface area (Å²) in [7, 11) is -3.66. The van der Waals surface area contributed by atoms with Crippen LogP contribution in [0.4, 0.5) is 5.69 Å². The predicted octanol–water partition coefficient (Wildman–Crippen LogP) is 2.30. The Hall–Kier alpha value is -3.57. The third kappa shape index (κ3) is 6.06. The Kier molecular flexibility index (Phi) is 7.79. The average Bonchev–Trinajstić information content (AvgIpc) is 2.81. The molecule has 180 valence electrons. The van der Waals surface area contributed by atoms with Gasteiger partial charge in [0.15, 0.2) is 6.61 Å². The number of hydrogen-bond acceptors (Lipinski definition) is 7. The van der Waals surface area contributed by atoms with E-state index < -0.39 is 33.4 Å². The van der Waals surface area contributed by atoms with Crippen LogP contribution >= 0.6 is 0 Å². The first-order chi connectivity index (χ1) is 16.1. The van der Waals surface area contributed by atoms with Crippen molar-refractivity contribution in [1.82, 2.24) is 9.21 Å². The van der Waals surface area contributed by atoms with Crippen LogP contribution in [0.25, 0.3) is 6.08 Å². The number of hydrogen-bond donors (Lipinski definition) is 0. The van der Waals surface area contributed by atoms with Crippen LogP contribution in [0.5, 0.6) is 0 Å². The molecule has 3 rings (SSSR count). The van der Waals surface area contributed by atoms with E-state index in [9.17, 15) is 28.1 Å². The molecule has 0 spiro atoms. The van der Waals surface area contributed by atoms with Crippen molar-refractivity contribution in [3.8, 4) is 0 Å². The topological polar surface area (TPSA) is 127 Å². The summed E-state index contributed by atoms with van der Waals surface area (Å²) in [6, 6.07) is 10.8. The minimum atomic E-state index is -3.66. The second-order valence-corrected chi connectivity index (χ2v) is 9.75. The zero-order valence-corrected chi connectivity index (χ0v) is 19.7. The first kappa shape index (κ1) is 25.1. The van der Waals surface area contributed by atoms with Crippen LogP contribution in [-0.4, -0.2) is 67.2 Å². The number of carbonyl (C=O) groups excluding carboxylic acids is 2. The number of sulfonamides is 1. The molecule has 1 heterocycles. The van der Waals surface area contributed by atoms with Gasteiger partial charge in [-0.1, -0.05) is 17.7 Å². The summed E-state index contributed by atoms with van der Waals surface area (Å²) in [5.74, 6) is -1.15. The fourth-order valence-corrected chi connectivity index (χ4v) is 5.18. The number of aryl methyl sites for hydroxylation is 2. The molecule has 1 saturated heterocycles. The maximum absolute atomic E-state index is 13.0. The van der Waals surface area contributed by atoms with E-state index >= 15 is 0 Å². The van der Waals surface area contributed by atoms with E-state index in [0.717, 1.165) is 11.6 Å². The minimum Gasteiger partial charge on any atom is -0.452 e. The van der Waals surface area contributed by atoms with E-state index in [-0.39, 0.29) is 36.8 Å². The number of piperazine rings is 1. The van der Waals surface area contributed by atoms with Gasteiger partial charge >= 0.3 is 5.97 Å². The van der Waals surface area contributed by atoms with Crippen molar-refractivity contribution in [2.24, 2.45) is 0 Å². The maximum atomic E-state index is 13.0. The van der Waals surface area contributed by atoms with Gasteiger partial charge in [-0.2, -0.15) is 4.31 Å². The molecule has 0 aliphatic carbocycles. The van der Waals surface area contributed by atoms with Crippen LogP contribution < -0.4 is 0 Å². The van der Waals surface area contributed by atoms with Crippen molar-refractivity contribution in [1.29, 1.82) is 0 Å². The van der Waals surface area contributed by atoms with Gasteiger partial charge in [-0.15, -0.1) is 0 Å². The number of nitro groups is 1. The lowest BCUT2D eigenvalue weighted by atomic mass is 10.2. The van der Waals surface area contributed by atoms with E-state index in [1.165, 1.54) is 39.5 Å². The number of amides is 1. The molecule has 1 amide bonds. The summed E-state index contributed by atoms with van der Waals surface area (Å²) in [5.41, 5.74) is 2.15. The van der Waals surface area contributed by atoms with E-state index in [1.807, 2.05) is 13.0 Å². The lowest BCUT2D eigenvalue weighted by Crippen LogP contribution is -2.51. The Morgan fingerprint density at radius 2 is 1.71 bits per heavy atom. The predicted molar refractivity (Wildman–Crippen MR) is 124 cm³/mol. The van der Waals surface area contributed by atoms with E-state index in [0.29, 0.717) is 11.1 Å². The van der Waals surface area contributed by atoms with Crippen molar-refractivity contribution in [2.75, 3.05) is 32.8 Å². The fraction of sp³-hybridized carbons (Fsp3) is 0.304. The first-order valence-corrected chi connectivity index (χ1v) is 12.0.